The van der Waals surface area contributed by atoms with Gasteiger partial charge in [-0.15, -0.1) is 0 Å². The van der Waals surface area contributed by atoms with Crippen molar-refractivity contribution in [3.63, 3.8) is 0 Å². The van der Waals surface area contributed by atoms with Crippen LogP contribution in [-0.2, 0) is 6.61 Å². The molecule has 48 heavy (non-hydrogen) atoms. The van der Waals surface area contributed by atoms with E-state index in [1.807, 2.05) is 47.4 Å². The minimum atomic E-state index is -1.03. The van der Waals surface area contributed by atoms with Gasteiger partial charge in [-0.05, 0) is 103 Å². The lowest BCUT2D eigenvalue weighted by Crippen LogP contribution is -2.35. The van der Waals surface area contributed by atoms with Gasteiger partial charge in [0.05, 0.1) is 22.2 Å². The van der Waals surface area contributed by atoms with Gasteiger partial charge in [-0.3, -0.25) is 4.79 Å². The van der Waals surface area contributed by atoms with Crippen molar-refractivity contribution in [2.24, 2.45) is 0 Å². The minimum absolute atomic E-state index is 0.00494. The van der Waals surface area contributed by atoms with Crippen molar-refractivity contribution in [1.82, 2.24) is 14.5 Å². The molecule has 1 N–H and O–H groups in total. The summed E-state index contributed by atoms with van der Waals surface area (Å²) in [4.78, 5) is 31.7. The molecule has 1 aliphatic heterocycles. The Kier molecular flexibility index (Phi) is 9.17. The van der Waals surface area contributed by atoms with E-state index in [4.69, 9.17) is 21.3 Å². The Morgan fingerprint density at radius 1 is 0.833 bits per heavy atom. The SMILES string of the molecule is O=C(O)c1ccc2c(c1)nc(-c1ccc(OCc3cc(C(=O)N4CCCCC4)ccc3-c3ccc(Cl)cc3)cc1F)n2C1CCCCC1. The first-order chi connectivity index (χ1) is 23.4. The van der Waals surface area contributed by atoms with E-state index in [1.54, 1.807) is 30.3 Å². The van der Waals surface area contributed by atoms with Crippen molar-refractivity contribution in [3.05, 3.63) is 106 Å². The van der Waals surface area contributed by atoms with Gasteiger partial charge in [0.15, 0.2) is 0 Å². The molecule has 0 radical (unpaired) electrons. The van der Waals surface area contributed by atoms with E-state index in [2.05, 4.69) is 4.57 Å². The number of likely N-dealkylation sites (tertiary alicyclic amines) is 1. The van der Waals surface area contributed by atoms with Crippen LogP contribution in [0.3, 0.4) is 0 Å². The molecule has 1 aromatic heterocycles. The number of fused-ring (bicyclic) bond motifs is 1. The average molecular weight is 666 g/mol. The second-order valence-electron chi connectivity index (χ2n) is 12.8. The monoisotopic (exact) mass is 665 g/mol. The number of hydrogen-bond acceptors (Lipinski definition) is 4. The van der Waals surface area contributed by atoms with Crippen LogP contribution in [0.5, 0.6) is 5.75 Å². The van der Waals surface area contributed by atoms with Crippen LogP contribution in [0.25, 0.3) is 33.5 Å². The molecule has 2 heterocycles. The molecule has 0 unspecified atom stereocenters. The number of carboxylic acid groups (broad SMARTS) is 1. The summed E-state index contributed by atoms with van der Waals surface area (Å²) in [7, 11) is 0. The zero-order valence-corrected chi connectivity index (χ0v) is 27.4. The van der Waals surface area contributed by atoms with Gasteiger partial charge in [0, 0.05) is 35.8 Å². The first-order valence-corrected chi connectivity index (χ1v) is 17.1. The summed E-state index contributed by atoms with van der Waals surface area (Å²) in [6.45, 7) is 1.63. The molecule has 1 amide bonds. The van der Waals surface area contributed by atoms with Crippen molar-refractivity contribution < 1.29 is 23.8 Å². The van der Waals surface area contributed by atoms with Crippen LogP contribution < -0.4 is 4.74 Å². The number of hydrogen-bond donors (Lipinski definition) is 1. The minimum Gasteiger partial charge on any atom is -0.489 e. The third-order valence-corrected chi connectivity index (χ3v) is 9.85. The number of benzene rings is 4. The number of ether oxygens (including phenoxy) is 1. The van der Waals surface area contributed by atoms with Crippen molar-refractivity contribution in [1.29, 1.82) is 0 Å². The first-order valence-electron chi connectivity index (χ1n) is 16.7. The second kappa shape index (κ2) is 13.8. The molecule has 9 heteroatoms. The molecule has 1 saturated heterocycles. The van der Waals surface area contributed by atoms with E-state index in [0.717, 1.165) is 86.7 Å². The number of halogens is 2. The third kappa shape index (κ3) is 6.54. The quantitative estimate of drug-likeness (QED) is 0.178. The normalized spacial score (nSPS) is 15.5. The van der Waals surface area contributed by atoms with Crippen LogP contribution in [0.15, 0.2) is 78.9 Å². The van der Waals surface area contributed by atoms with Crippen LogP contribution in [0.4, 0.5) is 4.39 Å². The van der Waals surface area contributed by atoms with Crippen LogP contribution in [0, 0.1) is 5.82 Å². The lowest BCUT2D eigenvalue weighted by Gasteiger charge is -2.27. The Morgan fingerprint density at radius 3 is 2.27 bits per heavy atom. The zero-order valence-electron chi connectivity index (χ0n) is 26.6. The van der Waals surface area contributed by atoms with Crippen LogP contribution in [-0.4, -0.2) is 44.5 Å². The zero-order chi connectivity index (χ0) is 33.2. The molecule has 246 valence electrons. The van der Waals surface area contributed by atoms with E-state index in [0.29, 0.717) is 33.2 Å². The molecule has 7 rings (SSSR count). The number of carbonyl (C=O) groups is 2. The standard InChI is InChI=1S/C39H37ClFN3O4/c40-29-13-9-25(10-14-29)32-16-11-26(38(45)43-19-5-2-6-20-43)21-28(32)24-48-31-15-17-33(34(41)23-31)37-42-35-22-27(39(46)47)12-18-36(35)44(37)30-7-3-1-4-8-30/h9-18,21-23,30H,1-8,19-20,24H2,(H,46,47). The highest BCUT2D eigenvalue weighted by molar-refractivity contribution is 6.30. The molecule has 7 nitrogen and oxygen atoms in total. The van der Waals surface area contributed by atoms with Crippen LogP contribution in [0.2, 0.25) is 5.02 Å². The maximum absolute atomic E-state index is 16.0. The van der Waals surface area contributed by atoms with Gasteiger partial charge in [0.1, 0.15) is 24.0 Å². The number of aromatic carboxylic acids is 1. The largest absolute Gasteiger partial charge is 0.489 e. The van der Waals surface area contributed by atoms with Gasteiger partial charge in [0.25, 0.3) is 5.91 Å². The summed E-state index contributed by atoms with van der Waals surface area (Å²) < 4.78 is 24.3. The fraction of sp³-hybridized carbons (Fsp3) is 0.308. The topological polar surface area (TPSA) is 84.7 Å². The summed E-state index contributed by atoms with van der Waals surface area (Å²) >= 11 is 6.16. The fourth-order valence-electron chi connectivity index (χ4n) is 7.10. The number of imidazole rings is 1. The van der Waals surface area contributed by atoms with Gasteiger partial charge >= 0.3 is 5.97 Å². The first kappa shape index (κ1) is 31.9. The Bertz CT molecular complexity index is 1980. The number of piperidine rings is 1. The predicted octanol–water partition coefficient (Wildman–Crippen LogP) is 9.57. The Morgan fingerprint density at radius 2 is 1.54 bits per heavy atom. The lowest BCUT2D eigenvalue weighted by molar-refractivity contribution is 0.0694. The molecule has 5 aromatic rings. The number of amides is 1. The maximum atomic E-state index is 16.0. The molecule has 0 spiro atoms. The molecule has 4 aromatic carbocycles. The van der Waals surface area contributed by atoms with Gasteiger partial charge < -0.3 is 19.3 Å². The summed E-state index contributed by atoms with van der Waals surface area (Å²) in [5.41, 5.74) is 5.05. The van der Waals surface area contributed by atoms with Gasteiger partial charge in [-0.2, -0.15) is 0 Å². The number of carbonyl (C=O) groups excluding carboxylic acids is 1. The molecular weight excluding hydrogens is 629 g/mol. The molecule has 0 bridgehead atoms. The van der Waals surface area contributed by atoms with Crippen molar-refractivity contribution in [3.8, 4) is 28.3 Å². The second-order valence-corrected chi connectivity index (χ2v) is 13.2. The highest BCUT2D eigenvalue weighted by Crippen LogP contribution is 2.38. The van der Waals surface area contributed by atoms with E-state index in [-0.39, 0.29) is 24.1 Å². The summed E-state index contributed by atoms with van der Waals surface area (Å²) in [6, 6.07) is 23.0. The molecule has 0 atom stereocenters. The lowest BCUT2D eigenvalue weighted by atomic mass is 9.94. The van der Waals surface area contributed by atoms with E-state index >= 15 is 4.39 Å². The number of rotatable bonds is 8. The Balaban J connectivity index is 1.20. The number of aromatic nitrogens is 2. The summed E-state index contributed by atoms with van der Waals surface area (Å²) in [5.74, 6) is -0.674. The third-order valence-electron chi connectivity index (χ3n) is 9.60. The van der Waals surface area contributed by atoms with Crippen molar-refractivity contribution in [2.75, 3.05) is 13.1 Å². The van der Waals surface area contributed by atoms with Crippen molar-refractivity contribution >= 4 is 34.5 Å². The predicted molar refractivity (Wildman–Crippen MR) is 185 cm³/mol. The highest BCUT2D eigenvalue weighted by atomic mass is 35.5. The van der Waals surface area contributed by atoms with Gasteiger partial charge in [0.2, 0.25) is 0 Å². The van der Waals surface area contributed by atoms with Gasteiger partial charge in [-0.1, -0.05) is 49.1 Å². The summed E-state index contributed by atoms with van der Waals surface area (Å²) in [6.07, 6.45) is 8.38. The molecule has 2 fully saturated rings. The Labute approximate surface area is 283 Å². The molecule has 1 aliphatic carbocycles. The fourth-order valence-corrected chi connectivity index (χ4v) is 7.22. The smallest absolute Gasteiger partial charge is 0.335 e. The maximum Gasteiger partial charge on any atom is 0.335 e. The average Bonchev–Trinajstić information content (AvgIpc) is 3.50. The van der Waals surface area contributed by atoms with Crippen molar-refractivity contribution in [2.45, 2.75) is 64.0 Å². The van der Waals surface area contributed by atoms with E-state index in [9.17, 15) is 14.7 Å². The van der Waals surface area contributed by atoms with Crippen LogP contribution in [0.1, 0.15) is 83.7 Å². The van der Waals surface area contributed by atoms with E-state index in [1.165, 1.54) is 6.07 Å². The van der Waals surface area contributed by atoms with E-state index < -0.39 is 11.8 Å². The van der Waals surface area contributed by atoms with Crippen LogP contribution >= 0.6 is 11.6 Å². The molecule has 2 aliphatic rings. The number of carboxylic acids is 1. The highest BCUT2D eigenvalue weighted by Gasteiger charge is 2.25. The van der Waals surface area contributed by atoms with Gasteiger partial charge in [-0.25, -0.2) is 14.2 Å². The summed E-state index contributed by atoms with van der Waals surface area (Å²) in [5, 5.41) is 10.2. The number of nitrogens with zero attached hydrogens (tertiary/aromatic N) is 3. The Hall–Kier alpha value is -4.69. The molecule has 1 saturated carbocycles. The molecular formula is C39H37ClFN3O4.